The lowest BCUT2D eigenvalue weighted by molar-refractivity contribution is -0.157. The maximum atomic E-state index is 11.9. The molecule has 0 amide bonds. The van der Waals surface area contributed by atoms with Crippen molar-refractivity contribution >= 4 is 71.6 Å². The number of carbonyl (C=O) groups is 12. The molecule has 0 bridgehead atoms. The molecule has 436 valence electrons. The van der Waals surface area contributed by atoms with Gasteiger partial charge in [-0.15, -0.1) is 0 Å². The van der Waals surface area contributed by atoms with Crippen LogP contribution in [0.1, 0.15) is 110 Å². The van der Waals surface area contributed by atoms with E-state index in [1.54, 1.807) is 6.92 Å². The van der Waals surface area contributed by atoms with E-state index in [4.69, 9.17) is 66.3 Å². The van der Waals surface area contributed by atoms with Crippen LogP contribution in [0.15, 0.2) is 24.3 Å². The zero-order valence-electron chi connectivity index (χ0n) is 44.0. The van der Waals surface area contributed by atoms with E-state index < -0.39 is 78.1 Å². The van der Waals surface area contributed by atoms with Gasteiger partial charge in [0.25, 0.3) is 0 Å². The number of hydrogen-bond acceptors (Lipinski definition) is 27. The molecule has 0 N–H and O–H groups in total. The molecule has 0 saturated carbocycles. The highest BCUT2D eigenvalue weighted by atomic mass is 16.7. The van der Waals surface area contributed by atoms with E-state index in [1.165, 1.54) is 24.3 Å². The van der Waals surface area contributed by atoms with Crippen LogP contribution < -0.4 is 0 Å². The molecular formula is C50H74O27. The molecule has 77 heavy (non-hydrogen) atoms. The van der Waals surface area contributed by atoms with Crippen molar-refractivity contribution in [3.05, 3.63) is 24.3 Å². The minimum atomic E-state index is -0.750. The molecule has 0 aromatic rings. The van der Waals surface area contributed by atoms with Crippen molar-refractivity contribution in [2.45, 2.75) is 110 Å². The summed E-state index contributed by atoms with van der Waals surface area (Å²) in [4.78, 5) is 140. The Hall–Kier alpha value is -7.00. The minimum absolute atomic E-state index is 0.00332. The van der Waals surface area contributed by atoms with Gasteiger partial charge in [-0.3, -0.25) is 57.5 Å². The highest BCUT2D eigenvalue weighted by Crippen LogP contribution is 2.05. The predicted molar refractivity (Wildman–Crippen MR) is 258 cm³/mol. The first kappa shape index (κ1) is 70.0. The van der Waals surface area contributed by atoms with Crippen LogP contribution in [0.4, 0.5) is 0 Å². The van der Waals surface area contributed by atoms with E-state index in [1.807, 2.05) is 0 Å². The monoisotopic (exact) mass is 1110 g/mol. The third kappa shape index (κ3) is 49.6. The molecule has 0 aromatic carbocycles. The molecule has 0 atom stereocenters. The highest BCUT2D eigenvalue weighted by Gasteiger charge is 2.14. The zero-order valence-corrected chi connectivity index (χ0v) is 44.0. The van der Waals surface area contributed by atoms with Crippen molar-refractivity contribution in [3.63, 3.8) is 0 Å². The summed E-state index contributed by atoms with van der Waals surface area (Å²) in [6.45, 7) is 1.57. The molecule has 0 fully saturated rings. The largest absolute Gasteiger partial charge is 0.469 e. The van der Waals surface area contributed by atoms with Crippen LogP contribution in [0.3, 0.4) is 0 Å². The third-order valence-corrected chi connectivity index (χ3v) is 9.08. The van der Waals surface area contributed by atoms with E-state index in [2.05, 4.69) is 4.74 Å². The molecule has 0 saturated heterocycles. The summed E-state index contributed by atoms with van der Waals surface area (Å²) in [6.07, 6.45) is 5.94. The molecule has 0 aliphatic heterocycles. The van der Waals surface area contributed by atoms with E-state index in [9.17, 15) is 57.5 Å². The Morgan fingerprint density at radius 1 is 0.273 bits per heavy atom. The maximum Gasteiger partial charge on any atom is 0.317 e. The van der Waals surface area contributed by atoms with Crippen LogP contribution in [0.5, 0.6) is 0 Å². The number of rotatable bonds is 48. The van der Waals surface area contributed by atoms with Crippen LogP contribution in [0.25, 0.3) is 0 Å². The van der Waals surface area contributed by atoms with Gasteiger partial charge in [-0.1, -0.05) is 0 Å². The summed E-state index contributed by atoms with van der Waals surface area (Å²) in [5.41, 5.74) is 0. The predicted octanol–water partition coefficient (Wildman–Crippen LogP) is 2.52. The van der Waals surface area contributed by atoms with Crippen LogP contribution >= 0.6 is 0 Å². The summed E-state index contributed by atoms with van der Waals surface area (Å²) >= 11 is 0. The van der Waals surface area contributed by atoms with Crippen molar-refractivity contribution < 1.29 is 129 Å². The lowest BCUT2D eigenvalue weighted by Crippen LogP contribution is -2.16. The second kappa shape index (κ2) is 49.9. The fraction of sp³-hybridized carbons (Fsp3) is 0.680. The van der Waals surface area contributed by atoms with Crippen LogP contribution in [-0.2, 0) is 129 Å². The number of methoxy groups -OCH3 is 1. The van der Waals surface area contributed by atoms with Gasteiger partial charge in [0, 0.05) is 64.4 Å². The molecular weight excluding hydrogens is 1030 g/mol. The van der Waals surface area contributed by atoms with Gasteiger partial charge in [-0.2, -0.15) is 0 Å². The average molecular weight is 1110 g/mol. The minimum Gasteiger partial charge on any atom is -0.469 e. The summed E-state index contributed by atoms with van der Waals surface area (Å²) in [5, 5.41) is 0. The number of hydrogen-bond donors (Lipinski definition) is 0. The SMILES string of the molecule is CCOCOC(=O)CCCC(=O)OC/C=C\COC(=O)CCC(=O)OCCOCCOC(=O)CCCC(=O)OCCOCCOC(=O)CCCC(=O)OC/C=C\COC(=O)CCCC(=O)OCCCOC(=O)CC(=O)OC. The van der Waals surface area contributed by atoms with Crippen molar-refractivity contribution in [3.8, 4) is 0 Å². The number of carbonyl (C=O) groups excluding carboxylic acids is 12. The molecule has 0 spiro atoms. The van der Waals surface area contributed by atoms with Crippen molar-refractivity contribution in [1.82, 2.24) is 0 Å². The second-order valence-electron chi connectivity index (χ2n) is 15.4. The van der Waals surface area contributed by atoms with Gasteiger partial charge in [0.2, 0.25) is 0 Å². The summed E-state index contributed by atoms with van der Waals surface area (Å²) in [7, 11) is 1.15. The second-order valence-corrected chi connectivity index (χ2v) is 15.4. The van der Waals surface area contributed by atoms with Crippen molar-refractivity contribution in [1.29, 1.82) is 0 Å². The smallest absolute Gasteiger partial charge is 0.317 e. The van der Waals surface area contributed by atoms with Crippen LogP contribution in [0, 0.1) is 0 Å². The lowest BCUT2D eigenvalue weighted by atomic mass is 10.2. The number of ether oxygens (including phenoxy) is 15. The topological polar surface area (TPSA) is 343 Å². The summed E-state index contributed by atoms with van der Waals surface area (Å²) in [6, 6.07) is 0. The summed E-state index contributed by atoms with van der Waals surface area (Å²) in [5.74, 6) is -7.00. The average Bonchev–Trinajstić information content (AvgIpc) is 3.39. The first-order valence-electron chi connectivity index (χ1n) is 25.0. The van der Waals surface area contributed by atoms with Gasteiger partial charge >= 0.3 is 71.6 Å². The maximum absolute atomic E-state index is 11.9. The Morgan fingerprint density at radius 2 is 0.545 bits per heavy atom. The molecule has 0 radical (unpaired) electrons. The van der Waals surface area contributed by atoms with E-state index in [-0.39, 0.29) is 196 Å². The number of esters is 12. The molecule has 0 rings (SSSR count). The lowest BCUT2D eigenvalue weighted by Gasteiger charge is -2.08. The van der Waals surface area contributed by atoms with Gasteiger partial charge in [0.15, 0.2) is 6.79 Å². The van der Waals surface area contributed by atoms with Crippen molar-refractivity contribution in [2.75, 3.05) is 113 Å². The Labute approximate surface area is 446 Å². The zero-order chi connectivity index (χ0) is 57.0. The molecule has 27 heteroatoms. The standard InChI is InChI=1S/C50H74O27/c1-3-64-38-77-46(58)20-11-16-41(53)69-25-6-7-26-70-47(59)21-22-48(60)76-36-32-66-31-35-75-45(57)19-10-18-44(56)74-34-30-65-29-33-73-43(55)17-9-14-40(52)68-24-5-4-23-67-39(51)13-8-15-42(54)71-27-12-28-72-50(62)37-49(61)63-2/h4-7H,3,8-38H2,1-2H3/b5-4-,7-6-. The van der Waals surface area contributed by atoms with Gasteiger partial charge in [0.1, 0.15) is 59.3 Å². The Kier molecular flexibility index (Phi) is 45.3. The first-order valence-corrected chi connectivity index (χ1v) is 25.0. The van der Waals surface area contributed by atoms with Crippen molar-refractivity contribution in [2.24, 2.45) is 0 Å². The van der Waals surface area contributed by atoms with E-state index in [0.29, 0.717) is 6.61 Å². The molecule has 27 nitrogen and oxygen atoms in total. The molecule has 0 heterocycles. The fourth-order valence-electron chi connectivity index (χ4n) is 5.20. The fourth-order valence-corrected chi connectivity index (χ4v) is 5.20. The van der Waals surface area contributed by atoms with Gasteiger partial charge in [-0.05, 0) is 56.9 Å². The molecule has 0 aliphatic rings. The first-order chi connectivity index (χ1) is 37.1. The van der Waals surface area contributed by atoms with E-state index >= 15 is 0 Å². The van der Waals surface area contributed by atoms with Crippen LogP contribution in [-0.4, -0.2) is 185 Å². The third-order valence-electron chi connectivity index (χ3n) is 9.08. The quantitative estimate of drug-likeness (QED) is 0.0211. The normalized spacial score (nSPS) is 10.7. The van der Waals surface area contributed by atoms with E-state index in [0.717, 1.165) is 7.11 Å². The molecule has 0 unspecified atom stereocenters. The summed E-state index contributed by atoms with van der Waals surface area (Å²) < 4.78 is 74.4. The van der Waals surface area contributed by atoms with Gasteiger partial charge < -0.3 is 71.1 Å². The van der Waals surface area contributed by atoms with Gasteiger partial charge in [-0.25, -0.2) is 0 Å². The highest BCUT2D eigenvalue weighted by molar-refractivity contribution is 5.91. The molecule has 0 aliphatic carbocycles. The molecule has 0 aromatic heterocycles. The Morgan fingerprint density at radius 3 is 0.870 bits per heavy atom. The van der Waals surface area contributed by atoms with Crippen LogP contribution in [0.2, 0.25) is 0 Å². The Balaban J connectivity index is 3.67. The van der Waals surface area contributed by atoms with Gasteiger partial charge in [0.05, 0.1) is 59.6 Å². The Bertz CT molecular complexity index is 1820.